The van der Waals surface area contributed by atoms with E-state index in [1.807, 2.05) is 0 Å². The molecular weight excluding hydrogens is 234 g/mol. The van der Waals surface area contributed by atoms with Crippen molar-refractivity contribution in [1.29, 1.82) is 0 Å². The third-order valence-electron chi connectivity index (χ3n) is 4.41. The van der Waals surface area contributed by atoms with Crippen LogP contribution in [0.2, 0.25) is 0 Å². The second-order valence-electron chi connectivity index (χ2n) is 7.57. The molecule has 0 bridgehead atoms. The van der Waals surface area contributed by atoms with E-state index in [0.29, 0.717) is 12.2 Å². The Hall–Kier alpha value is -0.0800. The summed E-state index contributed by atoms with van der Waals surface area (Å²) in [7, 11) is 0. The summed E-state index contributed by atoms with van der Waals surface area (Å²) in [5.74, 6) is 1.69. The summed E-state index contributed by atoms with van der Waals surface area (Å²) in [6.45, 7) is 14.7. The van der Waals surface area contributed by atoms with Crippen molar-refractivity contribution in [3.8, 4) is 0 Å². The van der Waals surface area contributed by atoms with Crippen molar-refractivity contribution in [2.24, 2.45) is 11.8 Å². The normalized spacial score (nSPS) is 30.3. The maximum Gasteiger partial charge on any atom is 0.0703 e. The minimum absolute atomic E-state index is 0.184. The SMILES string of the molecule is CCCC(CNC(C)(C)C)OC1CCC(C)C(C)C1. The zero-order valence-electron chi connectivity index (χ0n) is 14.0. The first-order valence-electron chi connectivity index (χ1n) is 8.22. The van der Waals surface area contributed by atoms with Crippen LogP contribution in [-0.4, -0.2) is 24.3 Å². The quantitative estimate of drug-likeness (QED) is 0.772. The van der Waals surface area contributed by atoms with Gasteiger partial charge >= 0.3 is 0 Å². The molecule has 4 atom stereocenters. The average Bonchev–Trinajstić information content (AvgIpc) is 2.30. The second kappa shape index (κ2) is 7.64. The van der Waals surface area contributed by atoms with Crippen molar-refractivity contribution in [1.82, 2.24) is 5.32 Å². The summed E-state index contributed by atoms with van der Waals surface area (Å²) in [5, 5.41) is 3.59. The van der Waals surface area contributed by atoms with Gasteiger partial charge in [0.15, 0.2) is 0 Å². The molecule has 0 radical (unpaired) electrons. The first kappa shape index (κ1) is 17.0. The zero-order valence-corrected chi connectivity index (χ0v) is 14.0. The molecule has 1 rings (SSSR count). The fourth-order valence-electron chi connectivity index (χ4n) is 2.85. The van der Waals surface area contributed by atoms with Crippen LogP contribution in [0.25, 0.3) is 0 Å². The lowest BCUT2D eigenvalue weighted by Crippen LogP contribution is -2.43. The molecule has 0 heterocycles. The fraction of sp³-hybridized carbons (Fsp3) is 1.00. The van der Waals surface area contributed by atoms with E-state index in [2.05, 4.69) is 46.9 Å². The number of ether oxygens (including phenoxy) is 1. The molecule has 0 saturated heterocycles. The van der Waals surface area contributed by atoms with Gasteiger partial charge in [0.25, 0.3) is 0 Å². The lowest BCUT2D eigenvalue weighted by Gasteiger charge is -2.35. The van der Waals surface area contributed by atoms with Gasteiger partial charge in [0.1, 0.15) is 0 Å². The Labute approximate surface area is 120 Å². The maximum absolute atomic E-state index is 6.38. The first-order valence-corrected chi connectivity index (χ1v) is 8.22. The summed E-state index contributed by atoms with van der Waals surface area (Å²) in [6.07, 6.45) is 7.08. The zero-order chi connectivity index (χ0) is 14.5. The van der Waals surface area contributed by atoms with E-state index in [1.54, 1.807) is 0 Å². The molecular formula is C17H35NO. The highest BCUT2D eigenvalue weighted by molar-refractivity contribution is 4.79. The van der Waals surface area contributed by atoms with Crippen LogP contribution in [0, 0.1) is 11.8 Å². The molecule has 0 aromatic carbocycles. The summed E-state index contributed by atoms with van der Waals surface area (Å²) < 4.78 is 6.38. The van der Waals surface area contributed by atoms with Crippen molar-refractivity contribution in [3.63, 3.8) is 0 Å². The molecule has 1 aliphatic carbocycles. The number of hydrogen-bond acceptors (Lipinski definition) is 2. The van der Waals surface area contributed by atoms with E-state index in [-0.39, 0.29) is 5.54 Å². The standard InChI is InChI=1S/C17H35NO/c1-7-8-16(12-18-17(4,5)6)19-15-10-9-13(2)14(3)11-15/h13-16,18H,7-12H2,1-6H3. The van der Waals surface area contributed by atoms with Gasteiger partial charge in [-0.25, -0.2) is 0 Å². The van der Waals surface area contributed by atoms with Gasteiger partial charge in [0.2, 0.25) is 0 Å². The Morgan fingerprint density at radius 3 is 2.37 bits per heavy atom. The van der Waals surface area contributed by atoms with Gasteiger partial charge in [0, 0.05) is 12.1 Å². The summed E-state index contributed by atoms with van der Waals surface area (Å²) in [5.41, 5.74) is 0.184. The highest BCUT2D eigenvalue weighted by atomic mass is 16.5. The summed E-state index contributed by atoms with van der Waals surface area (Å²) >= 11 is 0. The molecule has 1 N–H and O–H groups in total. The molecule has 19 heavy (non-hydrogen) atoms. The fourth-order valence-corrected chi connectivity index (χ4v) is 2.85. The molecule has 0 aromatic heterocycles. The minimum atomic E-state index is 0.184. The lowest BCUT2D eigenvalue weighted by atomic mass is 9.80. The van der Waals surface area contributed by atoms with E-state index in [1.165, 1.54) is 32.1 Å². The number of nitrogens with one attached hydrogen (secondary N) is 1. The van der Waals surface area contributed by atoms with E-state index in [9.17, 15) is 0 Å². The molecule has 0 spiro atoms. The molecule has 1 fully saturated rings. The smallest absolute Gasteiger partial charge is 0.0703 e. The molecule has 0 amide bonds. The van der Waals surface area contributed by atoms with Crippen LogP contribution in [0.5, 0.6) is 0 Å². The van der Waals surface area contributed by atoms with Crippen molar-refractivity contribution in [2.45, 2.75) is 91.4 Å². The third-order valence-corrected chi connectivity index (χ3v) is 4.41. The van der Waals surface area contributed by atoms with Gasteiger partial charge in [-0.2, -0.15) is 0 Å². The van der Waals surface area contributed by atoms with Crippen LogP contribution in [0.1, 0.15) is 73.6 Å². The van der Waals surface area contributed by atoms with E-state index < -0.39 is 0 Å². The van der Waals surface area contributed by atoms with Crippen LogP contribution in [0.3, 0.4) is 0 Å². The van der Waals surface area contributed by atoms with Crippen LogP contribution >= 0.6 is 0 Å². The molecule has 0 aromatic rings. The van der Waals surface area contributed by atoms with E-state index in [0.717, 1.165) is 18.4 Å². The highest BCUT2D eigenvalue weighted by Gasteiger charge is 2.27. The van der Waals surface area contributed by atoms with Crippen LogP contribution in [-0.2, 0) is 4.74 Å². The van der Waals surface area contributed by atoms with Crippen molar-refractivity contribution in [2.75, 3.05) is 6.54 Å². The average molecular weight is 269 g/mol. The molecule has 0 aliphatic heterocycles. The van der Waals surface area contributed by atoms with Gasteiger partial charge in [-0.3, -0.25) is 0 Å². The molecule has 114 valence electrons. The third kappa shape index (κ3) is 6.76. The predicted octanol–water partition coefficient (Wildman–Crippen LogP) is 4.38. The van der Waals surface area contributed by atoms with Crippen molar-refractivity contribution >= 4 is 0 Å². The highest BCUT2D eigenvalue weighted by Crippen LogP contribution is 2.31. The van der Waals surface area contributed by atoms with Crippen molar-refractivity contribution in [3.05, 3.63) is 0 Å². The molecule has 1 saturated carbocycles. The largest absolute Gasteiger partial charge is 0.374 e. The molecule has 1 aliphatic rings. The van der Waals surface area contributed by atoms with Crippen LogP contribution in [0.4, 0.5) is 0 Å². The monoisotopic (exact) mass is 269 g/mol. The second-order valence-corrected chi connectivity index (χ2v) is 7.57. The molecule has 2 nitrogen and oxygen atoms in total. The van der Waals surface area contributed by atoms with Crippen LogP contribution in [0.15, 0.2) is 0 Å². The summed E-state index contributed by atoms with van der Waals surface area (Å²) in [6, 6.07) is 0. The predicted molar refractivity (Wildman–Crippen MR) is 83.5 cm³/mol. The van der Waals surface area contributed by atoms with Crippen molar-refractivity contribution < 1.29 is 4.74 Å². The summed E-state index contributed by atoms with van der Waals surface area (Å²) in [4.78, 5) is 0. The van der Waals surface area contributed by atoms with Gasteiger partial charge < -0.3 is 10.1 Å². The Morgan fingerprint density at radius 2 is 1.84 bits per heavy atom. The molecule has 2 heteroatoms. The minimum Gasteiger partial charge on any atom is -0.374 e. The number of rotatable bonds is 6. The Bertz CT molecular complexity index is 246. The van der Waals surface area contributed by atoms with E-state index in [4.69, 9.17) is 4.74 Å². The van der Waals surface area contributed by atoms with Crippen LogP contribution < -0.4 is 5.32 Å². The lowest BCUT2D eigenvalue weighted by molar-refractivity contribution is -0.0511. The van der Waals surface area contributed by atoms with Gasteiger partial charge in [-0.1, -0.05) is 27.2 Å². The Kier molecular flexibility index (Phi) is 6.82. The number of hydrogen-bond donors (Lipinski definition) is 1. The van der Waals surface area contributed by atoms with E-state index >= 15 is 0 Å². The van der Waals surface area contributed by atoms with Gasteiger partial charge in [0.05, 0.1) is 12.2 Å². The van der Waals surface area contributed by atoms with Gasteiger partial charge in [-0.15, -0.1) is 0 Å². The maximum atomic E-state index is 6.38. The Morgan fingerprint density at radius 1 is 1.16 bits per heavy atom. The first-order chi connectivity index (χ1) is 8.81. The topological polar surface area (TPSA) is 21.3 Å². The molecule has 4 unspecified atom stereocenters. The Balaban J connectivity index is 2.40. The van der Waals surface area contributed by atoms with Gasteiger partial charge in [-0.05, 0) is 58.3 Å².